The van der Waals surface area contributed by atoms with Crippen LogP contribution in [0.5, 0.6) is 0 Å². The Balaban J connectivity index is 1.45. The van der Waals surface area contributed by atoms with Gasteiger partial charge in [0.25, 0.3) is 5.91 Å². The Morgan fingerprint density at radius 2 is 2.03 bits per heavy atom. The Hall–Kier alpha value is -4.08. The fourth-order valence-electron chi connectivity index (χ4n) is 3.50. The van der Waals surface area contributed by atoms with Crippen LogP contribution in [0.2, 0.25) is 0 Å². The Morgan fingerprint density at radius 1 is 1.14 bits per heavy atom. The molecule has 10 heteroatoms. The molecule has 0 saturated carbocycles. The molecule has 4 heterocycles. The van der Waals surface area contributed by atoms with Crippen molar-refractivity contribution in [1.29, 1.82) is 0 Å². The molecule has 29 heavy (non-hydrogen) atoms. The number of rotatable bonds is 4. The third-order valence-electron chi connectivity index (χ3n) is 5.05. The predicted octanol–water partition coefficient (Wildman–Crippen LogP) is 1.28. The van der Waals surface area contributed by atoms with Gasteiger partial charge in [-0.05, 0) is 47.2 Å². The molecule has 0 spiro atoms. The van der Waals surface area contributed by atoms with Gasteiger partial charge in [-0.3, -0.25) is 9.69 Å². The lowest BCUT2D eigenvalue weighted by molar-refractivity contribution is -0.131. The van der Waals surface area contributed by atoms with Crippen LogP contribution in [-0.4, -0.2) is 46.4 Å². The molecule has 144 valence electrons. The van der Waals surface area contributed by atoms with Crippen LogP contribution in [0.15, 0.2) is 61.2 Å². The second-order valence-corrected chi connectivity index (χ2v) is 6.95. The van der Waals surface area contributed by atoms with E-state index in [1.807, 2.05) is 41.1 Å². The highest BCUT2D eigenvalue weighted by molar-refractivity contribution is 6.07. The van der Waals surface area contributed by atoms with Crippen molar-refractivity contribution >= 4 is 17.6 Å². The molecule has 1 aromatic carbocycles. The first-order chi connectivity index (χ1) is 14.0. The van der Waals surface area contributed by atoms with Crippen LogP contribution in [-0.2, 0) is 16.9 Å². The van der Waals surface area contributed by atoms with Crippen molar-refractivity contribution in [2.45, 2.75) is 19.0 Å². The molecule has 0 radical (unpaired) electrons. The van der Waals surface area contributed by atoms with Crippen LogP contribution in [0.3, 0.4) is 0 Å². The number of pyridine rings is 1. The summed E-state index contributed by atoms with van der Waals surface area (Å²) < 4.78 is 3.34. The van der Waals surface area contributed by atoms with E-state index in [-0.39, 0.29) is 12.5 Å². The van der Waals surface area contributed by atoms with Gasteiger partial charge >= 0.3 is 6.03 Å². The van der Waals surface area contributed by atoms with Crippen molar-refractivity contribution < 1.29 is 9.59 Å². The highest BCUT2D eigenvalue weighted by Gasteiger charge is 2.49. The summed E-state index contributed by atoms with van der Waals surface area (Å²) in [6.07, 6.45) is 5.14. The van der Waals surface area contributed by atoms with Crippen LogP contribution < -0.4 is 5.32 Å². The first-order valence-corrected chi connectivity index (χ1v) is 8.95. The zero-order valence-electron chi connectivity index (χ0n) is 15.4. The average molecular weight is 388 g/mol. The third kappa shape index (κ3) is 2.73. The molecule has 1 aliphatic heterocycles. The van der Waals surface area contributed by atoms with Crippen molar-refractivity contribution in [1.82, 2.24) is 39.8 Å². The third-order valence-corrected chi connectivity index (χ3v) is 5.05. The first-order valence-electron chi connectivity index (χ1n) is 8.95. The molecule has 1 atom stereocenters. The van der Waals surface area contributed by atoms with Gasteiger partial charge in [0.05, 0.1) is 17.9 Å². The molecule has 1 saturated heterocycles. The van der Waals surface area contributed by atoms with Gasteiger partial charge in [-0.15, -0.1) is 5.10 Å². The van der Waals surface area contributed by atoms with E-state index >= 15 is 0 Å². The minimum Gasteiger partial charge on any atom is -0.319 e. The monoisotopic (exact) mass is 388 g/mol. The molecule has 4 aromatic rings. The van der Waals surface area contributed by atoms with E-state index in [0.717, 1.165) is 5.65 Å². The minimum absolute atomic E-state index is 0.0919. The molecule has 3 amide bonds. The van der Waals surface area contributed by atoms with Crippen LogP contribution in [0, 0.1) is 0 Å². The number of carbonyl (C=O) groups excluding carboxylic acids is 2. The number of hydrogen-bond acceptors (Lipinski definition) is 6. The van der Waals surface area contributed by atoms with Crippen molar-refractivity contribution in [2.75, 3.05) is 0 Å². The Labute approximate surface area is 164 Å². The quantitative estimate of drug-likeness (QED) is 0.527. The summed E-state index contributed by atoms with van der Waals surface area (Å²) in [5.74, 6) is -0.339. The second-order valence-electron chi connectivity index (χ2n) is 6.95. The van der Waals surface area contributed by atoms with Crippen LogP contribution >= 0.6 is 0 Å². The van der Waals surface area contributed by atoms with Crippen molar-refractivity contribution in [3.8, 4) is 5.69 Å². The lowest BCUT2D eigenvalue weighted by atomic mass is 9.91. The number of urea groups is 1. The van der Waals surface area contributed by atoms with Gasteiger partial charge in [0.15, 0.2) is 0 Å². The van der Waals surface area contributed by atoms with E-state index in [1.54, 1.807) is 25.1 Å². The zero-order valence-corrected chi connectivity index (χ0v) is 15.4. The SMILES string of the molecule is C[C@@]1(c2cccc(-n3cnnn3)c2)NC(=O)N(Cc2cn3ccccc3n2)C1=O. The van der Waals surface area contributed by atoms with E-state index in [2.05, 4.69) is 25.8 Å². The average Bonchev–Trinajstić information content (AvgIpc) is 3.44. The number of aromatic nitrogens is 6. The van der Waals surface area contributed by atoms with Gasteiger partial charge in [0.1, 0.15) is 17.5 Å². The highest BCUT2D eigenvalue weighted by Crippen LogP contribution is 2.30. The van der Waals surface area contributed by atoms with Crippen molar-refractivity contribution in [2.24, 2.45) is 0 Å². The molecule has 5 rings (SSSR count). The fraction of sp³-hybridized carbons (Fsp3) is 0.158. The summed E-state index contributed by atoms with van der Waals surface area (Å²) in [4.78, 5) is 31.5. The summed E-state index contributed by atoms with van der Waals surface area (Å²) in [5, 5.41) is 13.9. The summed E-state index contributed by atoms with van der Waals surface area (Å²) in [5.41, 5.74) is 1.52. The number of imide groups is 1. The standard InChI is InChI=1S/C19H16N8O2/c1-19(13-5-4-6-15(9-13)27-12-20-23-24-27)17(28)26(18(29)22-19)11-14-10-25-8-3-2-7-16(25)21-14/h2-10,12H,11H2,1H3,(H,22,29)/t19-/m0/s1. The zero-order chi connectivity index (χ0) is 20.0. The first kappa shape index (κ1) is 17.0. The number of fused-ring (bicyclic) bond motifs is 1. The number of nitrogens with one attached hydrogen (secondary N) is 1. The normalized spacial score (nSPS) is 19.1. The smallest absolute Gasteiger partial charge is 0.319 e. The highest BCUT2D eigenvalue weighted by atomic mass is 16.2. The summed E-state index contributed by atoms with van der Waals surface area (Å²) in [6.45, 7) is 1.78. The Morgan fingerprint density at radius 3 is 2.83 bits per heavy atom. The molecule has 0 aliphatic carbocycles. The van der Waals surface area contributed by atoms with Crippen molar-refractivity contribution in [3.05, 3.63) is 72.4 Å². The maximum Gasteiger partial charge on any atom is 0.325 e. The maximum atomic E-state index is 13.2. The molecule has 1 N–H and O–H groups in total. The van der Waals surface area contributed by atoms with Crippen molar-refractivity contribution in [3.63, 3.8) is 0 Å². The number of tetrazole rings is 1. The van der Waals surface area contributed by atoms with E-state index in [1.165, 1.54) is 15.9 Å². The summed E-state index contributed by atoms with van der Waals surface area (Å²) >= 11 is 0. The Kier molecular flexibility index (Phi) is 3.66. The van der Waals surface area contributed by atoms with E-state index in [9.17, 15) is 9.59 Å². The number of imidazole rings is 1. The molecular weight excluding hydrogens is 372 g/mol. The van der Waals surface area contributed by atoms with Gasteiger partial charge in [0.2, 0.25) is 0 Å². The molecule has 1 fully saturated rings. The largest absolute Gasteiger partial charge is 0.325 e. The second kappa shape index (κ2) is 6.23. The van der Waals surface area contributed by atoms with Gasteiger partial charge < -0.3 is 9.72 Å². The summed E-state index contributed by atoms with van der Waals surface area (Å²) in [6, 6.07) is 12.4. The lowest BCUT2D eigenvalue weighted by Gasteiger charge is -2.22. The van der Waals surface area contributed by atoms with Gasteiger partial charge in [-0.1, -0.05) is 18.2 Å². The summed E-state index contributed by atoms with van der Waals surface area (Å²) in [7, 11) is 0. The topological polar surface area (TPSA) is 110 Å². The van der Waals surface area contributed by atoms with E-state index in [0.29, 0.717) is 16.9 Å². The molecule has 0 bridgehead atoms. The number of benzene rings is 1. The van der Waals surface area contributed by atoms with Gasteiger partial charge in [0, 0.05) is 12.4 Å². The molecule has 0 unspecified atom stereocenters. The molecule has 3 aromatic heterocycles. The molecular formula is C19H16N8O2. The Bertz CT molecular complexity index is 1200. The lowest BCUT2D eigenvalue weighted by Crippen LogP contribution is -2.40. The predicted molar refractivity (Wildman–Crippen MR) is 101 cm³/mol. The van der Waals surface area contributed by atoms with Gasteiger partial charge in [-0.25, -0.2) is 14.5 Å². The molecule has 1 aliphatic rings. The van der Waals surface area contributed by atoms with Crippen LogP contribution in [0.4, 0.5) is 4.79 Å². The maximum absolute atomic E-state index is 13.2. The van der Waals surface area contributed by atoms with E-state index < -0.39 is 11.6 Å². The number of hydrogen-bond donors (Lipinski definition) is 1. The fourth-order valence-corrected chi connectivity index (χ4v) is 3.50. The minimum atomic E-state index is -1.19. The number of amides is 3. The van der Waals surface area contributed by atoms with E-state index in [4.69, 9.17) is 0 Å². The molecule has 10 nitrogen and oxygen atoms in total. The number of nitrogens with zero attached hydrogens (tertiary/aromatic N) is 7. The number of carbonyl (C=O) groups is 2. The van der Waals surface area contributed by atoms with Gasteiger partial charge in [-0.2, -0.15) is 0 Å². The van der Waals surface area contributed by atoms with Crippen LogP contribution in [0.1, 0.15) is 18.2 Å². The van der Waals surface area contributed by atoms with Crippen LogP contribution in [0.25, 0.3) is 11.3 Å².